The number of aromatic amines is 1. The molecule has 3 N–H and O–H groups in total. The van der Waals surface area contributed by atoms with Gasteiger partial charge in [0.15, 0.2) is 0 Å². The van der Waals surface area contributed by atoms with Crippen molar-refractivity contribution in [1.29, 1.82) is 0 Å². The molecule has 0 saturated carbocycles. The van der Waals surface area contributed by atoms with E-state index in [4.69, 9.17) is 17.3 Å². The summed E-state index contributed by atoms with van der Waals surface area (Å²) in [5, 5.41) is 0. The summed E-state index contributed by atoms with van der Waals surface area (Å²) in [5.41, 5.74) is 7.99. The number of hydrogen-bond acceptors (Lipinski definition) is 2. The molecule has 0 fully saturated rings. The number of carbonyl (C=O) groups is 1. The molecule has 0 atom stereocenters. The van der Waals surface area contributed by atoms with Gasteiger partial charge in [-0.15, -0.1) is 11.6 Å². The zero-order valence-corrected chi connectivity index (χ0v) is 8.01. The molecule has 2 rings (SSSR count). The van der Waals surface area contributed by atoms with Gasteiger partial charge in [0.05, 0.1) is 17.4 Å². The van der Waals surface area contributed by atoms with Gasteiger partial charge in [-0.1, -0.05) is 0 Å². The first-order valence-corrected chi connectivity index (χ1v) is 4.57. The van der Waals surface area contributed by atoms with E-state index < -0.39 is 5.91 Å². The number of imidazole rings is 1. The molecule has 0 bridgehead atoms. The number of carbonyl (C=O) groups excluding carboxylic acids is 1. The van der Waals surface area contributed by atoms with Crippen molar-refractivity contribution in [1.82, 2.24) is 9.97 Å². The molecule has 1 aromatic heterocycles. The summed E-state index contributed by atoms with van der Waals surface area (Å²) in [6.45, 7) is 0. The second-order valence-electron chi connectivity index (χ2n) is 2.93. The van der Waals surface area contributed by atoms with Crippen LogP contribution < -0.4 is 5.73 Å². The van der Waals surface area contributed by atoms with Crippen LogP contribution in [0.4, 0.5) is 0 Å². The quantitative estimate of drug-likeness (QED) is 0.734. The molecule has 5 heteroatoms. The fourth-order valence-electron chi connectivity index (χ4n) is 1.37. The number of hydrogen-bond donors (Lipinski definition) is 2. The molecule has 0 unspecified atom stereocenters. The van der Waals surface area contributed by atoms with Crippen LogP contribution in [0.5, 0.6) is 0 Å². The van der Waals surface area contributed by atoms with E-state index in [1.54, 1.807) is 18.5 Å². The van der Waals surface area contributed by atoms with Crippen molar-refractivity contribution in [3.05, 3.63) is 29.6 Å². The lowest BCUT2D eigenvalue weighted by molar-refractivity contribution is 0.100. The number of nitrogens with zero attached hydrogens (tertiary/aromatic N) is 1. The Hall–Kier alpha value is -1.55. The van der Waals surface area contributed by atoms with Gasteiger partial charge in [-0.2, -0.15) is 0 Å². The standard InChI is InChI=1S/C9H8ClN3O/c10-3-6-1-5(9(11)14)2-7-8(6)13-4-12-7/h1-2,4H,3H2,(H2,11,14)(H,12,13). The highest BCUT2D eigenvalue weighted by atomic mass is 35.5. The Morgan fingerprint density at radius 3 is 3.00 bits per heavy atom. The van der Waals surface area contributed by atoms with Crippen molar-refractivity contribution < 1.29 is 4.79 Å². The summed E-state index contributed by atoms with van der Waals surface area (Å²) < 4.78 is 0. The average Bonchev–Trinajstić information content (AvgIpc) is 2.63. The van der Waals surface area contributed by atoms with E-state index in [0.29, 0.717) is 11.4 Å². The molecule has 2 aromatic rings. The molecule has 1 amide bonds. The zero-order valence-electron chi connectivity index (χ0n) is 7.25. The van der Waals surface area contributed by atoms with E-state index in [2.05, 4.69) is 9.97 Å². The Morgan fingerprint density at radius 2 is 2.36 bits per heavy atom. The van der Waals surface area contributed by atoms with E-state index in [0.717, 1.165) is 16.6 Å². The third kappa shape index (κ3) is 1.33. The Kier molecular flexibility index (Phi) is 2.13. The second-order valence-corrected chi connectivity index (χ2v) is 3.20. The van der Waals surface area contributed by atoms with Gasteiger partial charge >= 0.3 is 0 Å². The van der Waals surface area contributed by atoms with Crippen molar-refractivity contribution in [3.8, 4) is 0 Å². The average molecular weight is 210 g/mol. The van der Waals surface area contributed by atoms with Crippen LogP contribution in [0.1, 0.15) is 15.9 Å². The van der Waals surface area contributed by atoms with Gasteiger partial charge in [0, 0.05) is 11.4 Å². The van der Waals surface area contributed by atoms with Gasteiger partial charge in [-0.3, -0.25) is 4.79 Å². The van der Waals surface area contributed by atoms with Crippen LogP contribution in [0.15, 0.2) is 18.5 Å². The monoisotopic (exact) mass is 209 g/mol. The number of halogens is 1. The van der Waals surface area contributed by atoms with Crippen LogP contribution >= 0.6 is 11.6 Å². The summed E-state index contributed by atoms with van der Waals surface area (Å²) >= 11 is 5.73. The van der Waals surface area contributed by atoms with E-state index in [1.807, 2.05) is 0 Å². The number of primary amides is 1. The van der Waals surface area contributed by atoms with E-state index >= 15 is 0 Å². The summed E-state index contributed by atoms with van der Waals surface area (Å²) in [6.07, 6.45) is 1.56. The van der Waals surface area contributed by atoms with Gasteiger partial charge < -0.3 is 10.7 Å². The SMILES string of the molecule is NC(=O)c1cc(CCl)c2nc[nH]c2c1. The Bertz CT molecular complexity index is 492. The number of fused-ring (bicyclic) bond motifs is 1. The third-order valence-electron chi connectivity index (χ3n) is 2.03. The largest absolute Gasteiger partial charge is 0.366 e. The number of nitrogens with one attached hydrogen (secondary N) is 1. The summed E-state index contributed by atoms with van der Waals surface area (Å²) in [4.78, 5) is 18.0. The minimum atomic E-state index is -0.465. The number of nitrogens with two attached hydrogens (primary N) is 1. The second kappa shape index (κ2) is 3.31. The Morgan fingerprint density at radius 1 is 1.57 bits per heavy atom. The van der Waals surface area contributed by atoms with Gasteiger partial charge in [0.25, 0.3) is 0 Å². The lowest BCUT2D eigenvalue weighted by Crippen LogP contribution is -2.11. The molecule has 4 nitrogen and oxygen atoms in total. The fourth-order valence-corrected chi connectivity index (χ4v) is 1.57. The van der Waals surface area contributed by atoms with Crippen molar-refractivity contribution in [2.75, 3.05) is 0 Å². The van der Waals surface area contributed by atoms with Gasteiger partial charge in [0.2, 0.25) is 5.91 Å². The number of H-pyrrole nitrogens is 1. The minimum absolute atomic E-state index is 0.308. The molecule has 0 aliphatic heterocycles. The molecule has 0 saturated heterocycles. The van der Waals surface area contributed by atoms with Gasteiger partial charge in [-0.25, -0.2) is 4.98 Å². The van der Waals surface area contributed by atoms with Crippen molar-refractivity contribution in [2.24, 2.45) is 5.73 Å². The summed E-state index contributed by atoms with van der Waals surface area (Å²) in [7, 11) is 0. The first kappa shape index (κ1) is 9.02. The molecule has 0 aliphatic carbocycles. The van der Waals surface area contributed by atoms with E-state index in [9.17, 15) is 4.79 Å². The molecule has 72 valence electrons. The molecule has 1 aromatic carbocycles. The highest BCUT2D eigenvalue weighted by Crippen LogP contribution is 2.19. The van der Waals surface area contributed by atoms with Crippen molar-refractivity contribution in [2.45, 2.75) is 5.88 Å². The maximum atomic E-state index is 11.0. The molecule has 0 aliphatic rings. The van der Waals surface area contributed by atoms with Crippen LogP contribution in [0, 0.1) is 0 Å². The summed E-state index contributed by atoms with van der Waals surface area (Å²) in [5.74, 6) is -0.157. The number of amides is 1. The Labute approximate surface area is 85.1 Å². The van der Waals surface area contributed by atoms with Crippen LogP contribution in [0.2, 0.25) is 0 Å². The smallest absolute Gasteiger partial charge is 0.248 e. The topological polar surface area (TPSA) is 71.8 Å². The van der Waals surface area contributed by atoms with Crippen LogP contribution in [-0.4, -0.2) is 15.9 Å². The predicted molar refractivity (Wildman–Crippen MR) is 54.2 cm³/mol. The van der Waals surface area contributed by atoms with Gasteiger partial charge in [-0.05, 0) is 17.7 Å². The number of alkyl halides is 1. The predicted octanol–water partition coefficient (Wildman–Crippen LogP) is 1.40. The first-order valence-electron chi connectivity index (χ1n) is 4.04. The van der Waals surface area contributed by atoms with E-state index in [1.165, 1.54) is 0 Å². The Balaban J connectivity index is 2.73. The molecular weight excluding hydrogens is 202 g/mol. The zero-order chi connectivity index (χ0) is 10.1. The first-order chi connectivity index (χ1) is 6.72. The third-order valence-corrected chi connectivity index (χ3v) is 2.32. The molecule has 1 heterocycles. The summed E-state index contributed by atoms with van der Waals surface area (Å²) in [6, 6.07) is 3.33. The maximum absolute atomic E-state index is 11.0. The number of rotatable bonds is 2. The van der Waals surface area contributed by atoms with Crippen LogP contribution in [0.25, 0.3) is 11.0 Å². The fraction of sp³-hybridized carbons (Fsp3) is 0.111. The van der Waals surface area contributed by atoms with E-state index in [-0.39, 0.29) is 0 Å². The highest BCUT2D eigenvalue weighted by Gasteiger charge is 2.08. The number of benzene rings is 1. The lowest BCUT2D eigenvalue weighted by atomic mass is 10.1. The van der Waals surface area contributed by atoms with Crippen LogP contribution in [-0.2, 0) is 5.88 Å². The van der Waals surface area contributed by atoms with Crippen molar-refractivity contribution >= 4 is 28.5 Å². The molecule has 0 spiro atoms. The van der Waals surface area contributed by atoms with Crippen LogP contribution in [0.3, 0.4) is 0 Å². The molecular formula is C9H8ClN3O. The number of aromatic nitrogens is 2. The van der Waals surface area contributed by atoms with Gasteiger partial charge in [0.1, 0.15) is 0 Å². The lowest BCUT2D eigenvalue weighted by Gasteiger charge is -2.00. The maximum Gasteiger partial charge on any atom is 0.248 e. The minimum Gasteiger partial charge on any atom is -0.366 e. The highest BCUT2D eigenvalue weighted by molar-refractivity contribution is 6.18. The van der Waals surface area contributed by atoms with Crippen molar-refractivity contribution in [3.63, 3.8) is 0 Å². The molecule has 14 heavy (non-hydrogen) atoms. The normalized spacial score (nSPS) is 10.6. The molecule has 0 radical (unpaired) electrons.